The Kier molecular flexibility index (Phi) is 4.67. The van der Waals surface area contributed by atoms with Gasteiger partial charge in [-0.15, -0.1) is 0 Å². The van der Waals surface area contributed by atoms with Crippen LogP contribution in [0.2, 0.25) is 0 Å². The average Bonchev–Trinajstić information content (AvgIpc) is 2.87. The van der Waals surface area contributed by atoms with Gasteiger partial charge < -0.3 is 31.2 Å². The summed E-state index contributed by atoms with van der Waals surface area (Å²) in [6.45, 7) is 4.22. The Hall–Kier alpha value is -3.11. The van der Waals surface area contributed by atoms with E-state index in [0.29, 0.717) is 56.5 Å². The number of nitrogens with zero attached hydrogens (tertiary/aromatic N) is 3. The molecule has 1 fully saturated rings. The first-order valence-electron chi connectivity index (χ1n) is 9.23. The highest BCUT2D eigenvalue weighted by atomic mass is 16.6. The van der Waals surface area contributed by atoms with Crippen LogP contribution in [-0.2, 0) is 17.7 Å². The third-order valence-corrected chi connectivity index (χ3v) is 5.26. The summed E-state index contributed by atoms with van der Waals surface area (Å²) >= 11 is 0. The number of aromatic carboxylic acids is 1. The van der Waals surface area contributed by atoms with E-state index in [9.17, 15) is 15.0 Å². The van der Waals surface area contributed by atoms with Crippen LogP contribution in [0.15, 0.2) is 12.1 Å². The number of nitrogens with two attached hydrogens (primary N) is 2. The predicted molar refractivity (Wildman–Crippen MR) is 104 cm³/mol. The van der Waals surface area contributed by atoms with Crippen molar-refractivity contribution in [1.82, 2.24) is 14.9 Å². The maximum atomic E-state index is 11.4. The normalized spacial score (nSPS) is 21.6. The molecule has 2 aliphatic rings. The molecule has 3 heterocycles. The van der Waals surface area contributed by atoms with E-state index < -0.39 is 11.6 Å². The Morgan fingerprint density at radius 3 is 2.90 bits per heavy atom. The lowest BCUT2D eigenvalue weighted by Gasteiger charge is -2.31. The van der Waals surface area contributed by atoms with Crippen molar-refractivity contribution in [2.75, 3.05) is 37.8 Å². The number of ether oxygens (including phenoxy) is 2. The molecule has 1 aromatic carbocycles. The second-order valence-corrected chi connectivity index (χ2v) is 7.59. The smallest absolute Gasteiger partial charge is 0.339 e. The molecule has 2 aliphatic heterocycles. The van der Waals surface area contributed by atoms with Crippen LogP contribution in [0.25, 0.3) is 0 Å². The van der Waals surface area contributed by atoms with Crippen molar-refractivity contribution in [2.24, 2.45) is 0 Å². The summed E-state index contributed by atoms with van der Waals surface area (Å²) in [5.41, 5.74) is 12.9. The lowest BCUT2D eigenvalue weighted by Crippen LogP contribution is -2.48. The van der Waals surface area contributed by atoms with Gasteiger partial charge in [0.2, 0.25) is 11.8 Å². The molecule has 0 unspecified atom stereocenters. The second kappa shape index (κ2) is 7.05. The fourth-order valence-electron chi connectivity index (χ4n) is 3.97. The lowest BCUT2D eigenvalue weighted by atomic mass is 9.97. The van der Waals surface area contributed by atoms with E-state index in [0.717, 1.165) is 11.1 Å². The molecule has 1 aromatic heterocycles. The third kappa shape index (κ3) is 3.64. The molecular weight excluding hydrogens is 378 g/mol. The molecule has 0 aliphatic carbocycles. The number of aromatic nitrogens is 2. The molecule has 6 N–H and O–H groups in total. The van der Waals surface area contributed by atoms with Crippen molar-refractivity contribution >= 4 is 17.7 Å². The Morgan fingerprint density at radius 2 is 2.14 bits per heavy atom. The summed E-state index contributed by atoms with van der Waals surface area (Å²) in [6, 6.07) is 3.28. The minimum atomic E-state index is -1.16. The van der Waals surface area contributed by atoms with Gasteiger partial charge in [-0.05, 0) is 24.1 Å². The summed E-state index contributed by atoms with van der Waals surface area (Å²) < 4.78 is 11.9. The third-order valence-electron chi connectivity index (χ3n) is 5.26. The minimum absolute atomic E-state index is 0.0606. The van der Waals surface area contributed by atoms with Crippen LogP contribution in [0.3, 0.4) is 0 Å². The van der Waals surface area contributed by atoms with Gasteiger partial charge >= 0.3 is 5.97 Å². The van der Waals surface area contributed by atoms with Gasteiger partial charge in [0.25, 0.3) is 0 Å². The van der Waals surface area contributed by atoms with Crippen LogP contribution in [-0.4, -0.2) is 63.0 Å². The molecule has 0 bridgehead atoms. The minimum Gasteiger partial charge on any atom is -0.507 e. The number of hydrogen-bond acceptors (Lipinski definition) is 9. The number of aromatic hydroxyl groups is 1. The summed E-state index contributed by atoms with van der Waals surface area (Å²) in [6.07, 6.45) is 0.500. The number of fused-ring (bicyclic) bond motifs is 1. The summed E-state index contributed by atoms with van der Waals surface area (Å²) in [5.74, 6) is -0.623. The fraction of sp³-hybridized carbons (Fsp3) is 0.421. The second-order valence-electron chi connectivity index (χ2n) is 7.59. The van der Waals surface area contributed by atoms with E-state index in [1.807, 2.05) is 0 Å². The number of carbonyl (C=O) groups is 1. The number of hydrogen-bond donors (Lipinski definition) is 4. The van der Waals surface area contributed by atoms with Gasteiger partial charge in [-0.25, -0.2) is 4.79 Å². The van der Waals surface area contributed by atoms with Gasteiger partial charge in [-0.3, -0.25) is 4.90 Å². The molecule has 154 valence electrons. The van der Waals surface area contributed by atoms with E-state index in [1.165, 1.54) is 6.07 Å². The number of carboxylic acids is 1. The van der Waals surface area contributed by atoms with Gasteiger partial charge in [-0.1, -0.05) is 6.07 Å². The molecule has 10 heteroatoms. The van der Waals surface area contributed by atoms with Gasteiger partial charge in [0.05, 0.1) is 18.8 Å². The van der Waals surface area contributed by atoms with E-state index in [-0.39, 0.29) is 17.3 Å². The summed E-state index contributed by atoms with van der Waals surface area (Å²) in [7, 11) is 0. The van der Waals surface area contributed by atoms with E-state index in [4.69, 9.17) is 20.9 Å². The van der Waals surface area contributed by atoms with Gasteiger partial charge in [0.15, 0.2) is 5.60 Å². The number of phenols is 1. The van der Waals surface area contributed by atoms with Crippen molar-refractivity contribution in [2.45, 2.75) is 25.5 Å². The Morgan fingerprint density at radius 1 is 1.34 bits per heavy atom. The largest absolute Gasteiger partial charge is 0.507 e. The van der Waals surface area contributed by atoms with Crippen LogP contribution in [0.4, 0.5) is 11.8 Å². The molecule has 10 nitrogen and oxygen atoms in total. The molecule has 2 aromatic rings. The number of aryl methyl sites for hydroxylation is 1. The van der Waals surface area contributed by atoms with Gasteiger partial charge in [0, 0.05) is 26.1 Å². The number of rotatable bonds is 3. The van der Waals surface area contributed by atoms with Crippen LogP contribution < -0.4 is 16.2 Å². The Labute approximate surface area is 167 Å². The molecule has 29 heavy (non-hydrogen) atoms. The topological polar surface area (TPSA) is 157 Å². The molecule has 4 rings (SSSR count). The SMILES string of the molecule is Cc1cc(CN2CCOC[C@]3(Cc4c(N)nc(N)nc4O3)C2)cc(C(=O)O)c1O. The maximum absolute atomic E-state index is 11.4. The van der Waals surface area contributed by atoms with Crippen LogP contribution in [0.1, 0.15) is 27.0 Å². The summed E-state index contributed by atoms with van der Waals surface area (Å²) in [5, 5.41) is 19.3. The molecule has 1 spiro atoms. The highest BCUT2D eigenvalue weighted by molar-refractivity contribution is 5.91. The first-order valence-corrected chi connectivity index (χ1v) is 9.23. The standard InChI is InChI=1S/C19H23N5O5/c1-10-4-11(5-12(14(10)25)17(26)27)7-24-2-3-28-9-19(8-24)6-13-15(20)22-18(21)23-16(13)29-19/h4-5,25H,2-3,6-9H2,1H3,(H,26,27)(H4,20,21,22,23)/t19-/m0/s1. The quantitative estimate of drug-likeness (QED) is 0.573. The van der Waals surface area contributed by atoms with Crippen molar-refractivity contribution in [3.8, 4) is 11.6 Å². The first kappa shape index (κ1) is 19.2. The highest BCUT2D eigenvalue weighted by Gasteiger charge is 2.44. The zero-order chi connectivity index (χ0) is 20.8. The van der Waals surface area contributed by atoms with Crippen molar-refractivity contribution in [1.29, 1.82) is 0 Å². The first-order chi connectivity index (χ1) is 13.8. The lowest BCUT2D eigenvalue weighted by molar-refractivity contribution is -0.00265. The Bertz CT molecular complexity index is 982. The Balaban J connectivity index is 1.58. The number of anilines is 2. The van der Waals surface area contributed by atoms with E-state index in [2.05, 4.69) is 14.9 Å². The summed E-state index contributed by atoms with van der Waals surface area (Å²) in [4.78, 5) is 21.7. The van der Waals surface area contributed by atoms with Crippen LogP contribution >= 0.6 is 0 Å². The van der Waals surface area contributed by atoms with E-state index in [1.54, 1.807) is 13.0 Å². The van der Waals surface area contributed by atoms with E-state index >= 15 is 0 Å². The molecule has 0 amide bonds. The molecule has 0 saturated carbocycles. The van der Waals surface area contributed by atoms with Crippen molar-refractivity contribution < 1.29 is 24.5 Å². The molecule has 0 radical (unpaired) electrons. The number of nitrogen functional groups attached to an aromatic ring is 2. The van der Waals surface area contributed by atoms with Gasteiger partial charge in [-0.2, -0.15) is 9.97 Å². The maximum Gasteiger partial charge on any atom is 0.339 e. The predicted octanol–water partition coefficient (Wildman–Crippen LogP) is 0.559. The molecular formula is C19H23N5O5. The molecule has 1 atom stereocenters. The fourth-order valence-corrected chi connectivity index (χ4v) is 3.97. The van der Waals surface area contributed by atoms with Gasteiger partial charge in [0.1, 0.15) is 17.1 Å². The average molecular weight is 401 g/mol. The van der Waals surface area contributed by atoms with Crippen LogP contribution in [0, 0.1) is 6.92 Å². The van der Waals surface area contributed by atoms with Crippen molar-refractivity contribution in [3.05, 3.63) is 34.4 Å². The highest BCUT2D eigenvalue weighted by Crippen LogP contribution is 2.38. The number of carboxylic acid groups (broad SMARTS) is 1. The van der Waals surface area contributed by atoms with Crippen LogP contribution in [0.5, 0.6) is 11.6 Å². The zero-order valence-corrected chi connectivity index (χ0v) is 16.0. The monoisotopic (exact) mass is 401 g/mol. The number of benzene rings is 1. The molecule has 1 saturated heterocycles. The van der Waals surface area contributed by atoms with Crippen molar-refractivity contribution in [3.63, 3.8) is 0 Å². The zero-order valence-electron chi connectivity index (χ0n) is 16.0.